The van der Waals surface area contributed by atoms with E-state index in [-0.39, 0.29) is 5.41 Å². The Morgan fingerprint density at radius 3 is 2.20 bits per heavy atom. The number of aromatic nitrogens is 2. The van der Waals surface area contributed by atoms with Crippen molar-refractivity contribution in [2.24, 2.45) is 0 Å². The topological polar surface area (TPSA) is 51.8 Å². The molecule has 2 aromatic rings. The van der Waals surface area contributed by atoms with Gasteiger partial charge in [-0.2, -0.15) is 0 Å². The smallest absolute Gasteiger partial charge is 0.161 e. The minimum Gasteiger partial charge on any atom is -0.383 e. The summed E-state index contributed by atoms with van der Waals surface area (Å²) in [5, 5.41) is 0. The van der Waals surface area contributed by atoms with E-state index in [2.05, 4.69) is 84.5 Å². The van der Waals surface area contributed by atoms with Crippen molar-refractivity contribution in [2.45, 2.75) is 39.5 Å². The van der Waals surface area contributed by atoms with Crippen LogP contribution in [0.2, 0.25) is 0 Å². The van der Waals surface area contributed by atoms with Crippen LogP contribution in [0.3, 0.4) is 0 Å². The van der Waals surface area contributed by atoms with Gasteiger partial charge in [-0.1, -0.05) is 52.0 Å². The van der Waals surface area contributed by atoms with Gasteiger partial charge in [-0.15, -0.1) is 0 Å². The predicted molar refractivity (Wildman–Crippen MR) is 92.7 cm³/mol. The molecule has 106 valence electrons. The molecule has 4 heteroatoms. The van der Waals surface area contributed by atoms with Crippen LogP contribution in [0.15, 0.2) is 24.3 Å². The fourth-order valence-electron chi connectivity index (χ4n) is 2.00. The molecule has 1 heterocycles. The molecule has 0 aliphatic heterocycles. The van der Waals surface area contributed by atoms with E-state index in [1.807, 2.05) is 0 Å². The molecule has 20 heavy (non-hydrogen) atoms. The molecule has 0 saturated carbocycles. The number of rotatable bonds is 2. The molecule has 0 spiro atoms. The van der Waals surface area contributed by atoms with Gasteiger partial charge in [-0.05, 0) is 40.0 Å². The fourth-order valence-corrected chi connectivity index (χ4v) is 2.62. The molecule has 0 saturated heterocycles. The van der Waals surface area contributed by atoms with E-state index in [9.17, 15) is 0 Å². The summed E-state index contributed by atoms with van der Waals surface area (Å²) < 4.78 is 0.958. The Kier molecular flexibility index (Phi) is 4.32. The first-order valence-electron chi connectivity index (χ1n) is 6.75. The van der Waals surface area contributed by atoms with Crippen LogP contribution in [-0.2, 0) is 11.8 Å². The highest BCUT2D eigenvalue weighted by Gasteiger charge is 2.14. The molecule has 3 nitrogen and oxygen atoms in total. The summed E-state index contributed by atoms with van der Waals surface area (Å²) in [6.07, 6.45) is 0.859. The minimum absolute atomic E-state index is 0.152. The largest absolute Gasteiger partial charge is 0.383 e. The van der Waals surface area contributed by atoms with Crippen LogP contribution in [0, 0.1) is 3.57 Å². The Labute approximate surface area is 134 Å². The maximum atomic E-state index is 5.97. The second-order valence-electron chi connectivity index (χ2n) is 5.87. The second-order valence-corrected chi connectivity index (χ2v) is 6.95. The van der Waals surface area contributed by atoms with Gasteiger partial charge in [0.25, 0.3) is 0 Å². The molecule has 1 aromatic carbocycles. The molecule has 0 aliphatic carbocycles. The first-order chi connectivity index (χ1) is 9.32. The number of aryl methyl sites for hydroxylation is 1. The van der Waals surface area contributed by atoms with Gasteiger partial charge < -0.3 is 5.73 Å². The van der Waals surface area contributed by atoms with Gasteiger partial charge >= 0.3 is 0 Å². The Morgan fingerprint density at radius 2 is 1.70 bits per heavy atom. The van der Waals surface area contributed by atoms with Crippen LogP contribution < -0.4 is 5.73 Å². The van der Waals surface area contributed by atoms with Gasteiger partial charge in [-0.25, -0.2) is 9.97 Å². The van der Waals surface area contributed by atoms with E-state index in [0.717, 1.165) is 21.2 Å². The van der Waals surface area contributed by atoms with Gasteiger partial charge in [-0.3, -0.25) is 0 Å². The quantitative estimate of drug-likeness (QED) is 0.794. The summed E-state index contributed by atoms with van der Waals surface area (Å²) >= 11 is 2.21. The summed E-state index contributed by atoms with van der Waals surface area (Å²) in [5.74, 6) is 1.27. The van der Waals surface area contributed by atoms with Gasteiger partial charge in [0.1, 0.15) is 5.82 Å². The van der Waals surface area contributed by atoms with E-state index < -0.39 is 0 Å². The highest BCUT2D eigenvalue weighted by Crippen LogP contribution is 2.26. The lowest BCUT2D eigenvalue weighted by Gasteiger charge is -2.19. The van der Waals surface area contributed by atoms with Crippen molar-refractivity contribution in [3.05, 3.63) is 39.1 Å². The highest BCUT2D eigenvalue weighted by atomic mass is 127. The van der Waals surface area contributed by atoms with Crippen LogP contribution in [-0.4, -0.2) is 9.97 Å². The monoisotopic (exact) mass is 381 g/mol. The second kappa shape index (κ2) is 5.68. The number of benzene rings is 1. The number of nitrogen functional groups attached to an aromatic ring is 1. The Hall–Kier alpha value is -1.17. The van der Waals surface area contributed by atoms with Gasteiger partial charge in [0, 0.05) is 5.56 Å². The Balaban J connectivity index is 2.44. The summed E-state index contributed by atoms with van der Waals surface area (Å²) in [4.78, 5) is 9.02. The van der Waals surface area contributed by atoms with Crippen molar-refractivity contribution >= 4 is 28.4 Å². The van der Waals surface area contributed by atoms with Gasteiger partial charge in [0.2, 0.25) is 0 Å². The minimum atomic E-state index is 0.152. The van der Waals surface area contributed by atoms with Crippen molar-refractivity contribution in [2.75, 3.05) is 5.73 Å². The molecule has 2 N–H and O–H groups in total. The molecular formula is C16H20IN3. The van der Waals surface area contributed by atoms with Crippen LogP contribution in [0.4, 0.5) is 5.82 Å². The van der Waals surface area contributed by atoms with E-state index in [1.165, 1.54) is 5.56 Å². The lowest BCUT2D eigenvalue weighted by atomic mass is 9.87. The lowest BCUT2D eigenvalue weighted by molar-refractivity contribution is 0.590. The fraction of sp³-hybridized carbons (Fsp3) is 0.375. The van der Waals surface area contributed by atoms with E-state index in [1.54, 1.807) is 0 Å². The number of hydrogen-bond donors (Lipinski definition) is 1. The average Bonchev–Trinajstić information content (AvgIpc) is 2.41. The third-order valence-corrected chi connectivity index (χ3v) is 4.46. The van der Waals surface area contributed by atoms with Gasteiger partial charge in [0.05, 0.1) is 9.26 Å². The summed E-state index contributed by atoms with van der Waals surface area (Å²) in [7, 11) is 0. The maximum Gasteiger partial charge on any atom is 0.161 e. The third-order valence-electron chi connectivity index (χ3n) is 3.29. The number of nitrogens with two attached hydrogens (primary N) is 1. The maximum absolute atomic E-state index is 5.97. The normalized spacial score (nSPS) is 11.7. The molecule has 0 aliphatic rings. The van der Waals surface area contributed by atoms with Crippen LogP contribution in [0.5, 0.6) is 0 Å². The zero-order valence-corrected chi connectivity index (χ0v) is 14.5. The molecule has 0 amide bonds. The van der Waals surface area contributed by atoms with Gasteiger partial charge in [0.15, 0.2) is 5.82 Å². The van der Waals surface area contributed by atoms with E-state index in [4.69, 9.17) is 5.73 Å². The summed E-state index contributed by atoms with van der Waals surface area (Å²) in [6.45, 7) is 8.69. The standard InChI is InChI=1S/C16H20IN3/c1-5-12-13(17)14(18)20-15(19-12)10-6-8-11(9-7-10)16(2,3)4/h6-9H,5H2,1-4H3,(H2,18,19,20). The molecule has 0 radical (unpaired) electrons. The number of anilines is 1. The first-order valence-corrected chi connectivity index (χ1v) is 7.83. The number of nitrogens with zero attached hydrogens (tertiary/aromatic N) is 2. The SMILES string of the molecule is CCc1nc(-c2ccc(C(C)(C)C)cc2)nc(N)c1I. The molecule has 1 aromatic heterocycles. The van der Waals surface area contributed by atoms with Crippen LogP contribution in [0.25, 0.3) is 11.4 Å². The summed E-state index contributed by atoms with van der Waals surface area (Å²) in [5.41, 5.74) is 9.45. The lowest BCUT2D eigenvalue weighted by Crippen LogP contribution is -2.10. The molecule has 0 unspecified atom stereocenters. The summed E-state index contributed by atoms with van der Waals surface area (Å²) in [6, 6.07) is 8.42. The van der Waals surface area contributed by atoms with E-state index in [0.29, 0.717) is 11.6 Å². The Morgan fingerprint density at radius 1 is 1.10 bits per heavy atom. The van der Waals surface area contributed by atoms with Crippen LogP contribution >= 0.6 is 22.6 Å². The van der Waals surface area contributed by atoms with Crippen molar-refractivity contribution in [1.82, 2.24) is 9.97 Å². The average molecular weight is 381 g/mol. The van der Waals surface area contributed by atoms with Crippen molar-refractivity contribution in [3.63, 3.8) is 0 Å². The van der Waals surface area contributed by atoms with Crippen LogP contribution in [0.1, 0.15) is 39.0 Å². The molecular weight excluding hydrogens is 361 g/mol. The molecule has 0 fully saturated rings. The molecule has 2 rings (SSSR count). The zero-order chi connectivity index (χ0) is 14.9. The number of halogens is 1. The van der Waals surface area contributed by atoms with Crippen molar-refractivity contribution in [3.8, 4) is 11.4 Å². The number of hydrogen-bond acceptors (Lipinski definition) is 3. The van der Waals surface area contributed by atoms with E-state index >= 15 is 0 Å². The predicted octanol–water partition coefficient (Wildman–Crippen LogP) is 4.19. The molecule has 0 atom stereocenters. The van der Waals surface area contributed by atoms with Crippen molar-refractivity contribution in [1.29, 1.82) is 0 Å². The highest BCUT2D eigenvalue weighted by molar-refractivity contribution is 14.1. The third kappa shape index (κ3) is 3.11. The Bertz CT molecular complexity index is 613. The van der Waals surface area contributed by atoms with Crippen molar-refractivity contribution < 1.29 is 0 Å². The first kappa shape index (κ1) is 15.2. The zero-order valence-electron chi connectivity index (χ0n) is 12.4. The molecule has 0 bridgehead atoms.